The number of aliphatic hydroxyl groups excluding tert-OH is 1. The second kappa shape index (κ2) is 6.73. The molecule has 2 aliphatic heterocycles. The third-order valence-corrected chi connectivity index (χ3v) is 4.32. The van der Waals surface area contributed by atoms with E-state index < -0.39 is 0 Å². The molecule has 5 heteroatoms. The van der Waals surface area contributed by atoms with Gasteiger partial charge in [0.1, 0.15) is 17.7 Å². The Morgan fingerprint density at radius 1 is 1.19 bits per heavy atom. The quantitative estimate of drug-likeness (QED) is 0.903. The molecule has 0 bridgehead atoms. The van der Waals surface area contributed by atoms with Crippen LogP contribution in [0.5, 0.6) is 5.75 Å². The van der Waals surface area contributed by atoms with Crippen molar-refractivity contribution < 1.29 is 14.2 Å². The average Bonchev–Trinajstić information content (AvgIpc) is 2.72. The molecule has 1 aromatic rings. The maximum absolute atomic E-state index is 13.2. The number of aliphatic hydroxyl groups is 1. The summed E-state index contributed by atoms with van der Waals surface area (Å²) in [5.41, 5.74) is 0.983. The van der Waals surface area contributed by atoms with Crippen molar-refractivity contribution in [2.24, 2.45) is 0 Å². The van der Waals surface area contributed by atoms with E-state index in [9.17, 15) is 4.39 Å². The summed E-state index contributed by atoms with van der Waals surface area (Å²) in [5.74, 6) is 0.644. The Morgan fingerprint density at radius 2 is 2.00 bits per heavy atom. The van der Waals surface area contributed by atoms with E-state index in [1.807, 2.05) is 0 Å². The van der Waals surface area contributed by atoms with Crippen LogP contribution in [0.3, 0.4) is 0 Å². The van der Waals surface area contributed by atoms with Gasteiger partial charge >= 0.3 is 0 Å². The smallest absolute Gasteiger partial charge is 0.123 e. The van der Waals surface area contributed by atoms with E-state index in [0.717, 1.165) is 63.4 Å². The molecule has 2 aliphatic rings. The summed E-state index contributed by atoms with van der Waals surface area (Å²) in [4.78, 5) is 4.73. The zero-order valence-corrected chi connectivity index (χ0v) is 12.3. The molecule has 1 N–H and O–H groups in total. The van der Waals surface area contributed by atoms with Crippen molar-refractivity contribution >= 4 is 0 Å². The minimum atomic E-state index is -0.188. The van der Waals surface area contributed by atoms with Crippen LogP contribution in [0.15, 0.2) is 18.2 Å². The first-order chi connectivity index (χ1) is 10.2. The Hall–Kier alpha value is -1.17. The number of hydrogen-bond donors (Lipinski definition) is 1. The van der Waals surface area contributed by atoms with Crippen molar-refractivity contribution in [2.45, 2.75) is 18.9 Å². The fraction of sp³-hybridized carbons (Fsp3) is 0.625. The number of nitrogens with zero attached hydrogens (tertiary/aromatic N) is 2. The SMILES string of the molecule is OCCN1CCCN(CC2Cc3cc(F)ccc3O2)CC1. The van der Waals surface area contributed by atoms with Crippen molar-refractivity contribution in [1.29, 1.82) is 0 Å². The molecule has 21 heavy (non-hydrogen) atoms. The summed E-state index contributed by atoms with van der Waals surface area (Å²) in [7, 11) is 0. The van der Waals surface area contributed by atoms with Gasteiger partial charge < -0.3 is 9.84 Å². The number of ether oxygens (including phenoxy) is 1. The zero-order chi connectivity index (χ0) is 14.7. The Bertz CT molecular complexity index is 483. The minimum absolute atomic E-state index is 0.131. The summed E-state index contributed by atoms with van der Waals surface area (Å²) in [6.07, 6.45) is 2.05. The highest BCUT2D eigenvalue weighted by Gasteiger charge is 2.26. The van der Waals surface area contributed by atoms with Crippen LogP contribution in [-0.4, -0.2) is 66.9 Å². The Morgan fingerprint density at radius 3 is 2.86 bits per heavy atom. The van der Waals surface area contributed by atoms with Gasteiger partial charge in [-0.1, -0.05) is 0 Å². The molecule has 1 atom stereocenters. The predicted octanol–water partition coefficient (Wildman–Crippen LogP) is 1.13. The third-order valence-electron chi connectivity index (χ3n) is 4.32. The predicted molar refractivity (Wildman–Crippen MR) is 79.1 cm³/mol. The molecular formula is C16H23FN2O2. The van der Waals surface area contributed by atoms with Gasteiger partial charge in [0.25, 0.3) is 0 Å². The highest BCUT2D eigenvalue weighted by Crippen LogP contribution is 2.29. The first-order valence-electron chi connectivity index (χ1n) is 7.75. The molecule has 0 radical (unpaired) electrons. The summed E-state index contributed by atoms with van der Waals surface area (Å²) < 4.78 is 19.1. The largest absolute Gasteiger partial charge is 0.488 e. The molecule has 4 nitrogen and oxygen atoms in total. The highest BCUT2D eigenvalue weighted by atomic mass is 19.1. The van der Waals surface area contributed by atoms with Crippen molar-refractivity contribution in [3.05, 3.63) is 29.6 Å². The number of hydrogen-bond acceptors (Lipinski definition) is 4. The lowest BCUT2D eigenvalue weighted by atomic mass is 10.1. The topological polar surface area (TPSA) is 35.9 Å². The van der Waals surface area contributed by atoms with E-state index in [1.54, 1.807) is 12.1 Å². The first kappa shape index (κ1) is 14.8. The van der Waals surface area contributed by atoms with Gasteiger partial charge in [0.15, 0.2) is 0 Å². The normalized spacial score (nSPS) is 23.6. The molecule has 0 saturated carbocycles. The van der Waals surface area contributed by atoms with Gasteiger partial charge in [-0.15, -0.1) is 0 Å². The van der Waals surface area contributed by atoms with Crippen molar-refractivity contribution in [3.63, 3.8) is 0 Å². The van der Waals surface area contributed by atoms with Crippen molar-refractivity contribution in [2.75, 3.05) is 45.9 Å². The second-order valence-corrected chi connectivity index (χ2v) is 5.92. The maximum atomic E-state index is 13.2. The van der Waals surface area contributed by atoms with Gasteiger partial charge in [-0.25, -0.2) is 4.39 Å². The van der Waals surface area contributed by atoms with E-state index in [0.29, 0.717) is 0 Å². The van der Waals surface area contributed by atoms with Gasteiger partial charge in [0.05, 0.1) is 6.61 Å². The van der Waals surface area contributed by atoms with Crippen molar-refractivity contribution in [3.8, 4) is 5.75 Å². The second-order valence-electron chi connectivity index (χ2n) is 5.92. The summed E-state index contributed by atoms with van der Waals surface area (Å²) in [5, 5.41) is 9.02. The number of benzene rings is 1. The lowest BCUT2D eigenvalue weighted by Crippen LogP contribution is -2.38. The van der Waals surface area contributed by atoms with Crippen LogP contribution in [0.4, 0.5) is 4.39 Å². The number of fused-ring (bicyclic) bond motifs is 1. The minimum Gasteiger partial charge on any atom is -0.488 e. The molecule has 1 aromatic carbocycles. The third kappa shape index (κ3) is 3.73. The molecule has 0 amide bonds. The van der Waals surface area contributed by atoms with Crippen LogP contribution in [0.2, 0.25) is 0 Å². The Balaban J connectivity index is 1.52. The monoisotopic (exact) mass is 294 g/mol. The van der Waals surface area contributed by atoms with E-state index in [-0.39, 0.29) is 18.5 Å². The van der Waals surface area contributed by atoms with E-state index >= 15 is 0 Å². The lowest BCUT2D eigenvalue weighted by Gasteiger charge is -2.24. The van der Waals surface area contributed by atoms with Crippen LogP contribution in [0.25, 0.3) is 0 Å². The van der Waals surface area contributed by atoms with Gasteiger partial charge in [-0.2, -0.15) is 0 Å². The molecule has 0 spiro atoms. The maximum Gasteiger partial charge on any atom is 0.123 e. The van der Waals surface area contributed by atoms with Crippen LogP contribution in [0.1, 0.15) is 12.0 Å². The fourth-order valence-electron chi connectivity index (χ4n) is 3.25. The van der Waals surface area contributed by atoms with Gasteiger partial charge in [0.2, 0.25) is 0 Å². The first-order valence-corrected chi connectivity index (χ1v) is 7.75. The molecule has 0 aliphatic carbocycles. The van der Waals surface area contributed by atoms with Crippen LogP contribution < -0.4 is 4.74 Å². The van der Waals surface area contributed by atoms with E-state index in [1.165, 1.54) is 6.07 Å². The van der Waals surface area contributed by atoms with Crippen LogP contribution in [-0.2, 0) is 6.42 Å². The molecule has 116 valence electrons. The van der Waals surface area contributed by atoms with Crippen molar-refractivity contribution in [1.82, 2.24) is 9.80 Å². The van der Waals surface area contributed by atoms with E-state index in [2.05, 4.69) is 9.80 Å². The molecule has 1 unspecified atom stereocenters. The Kier molecular flexibility index (Phi) is 4.73. The molecular weight excluding hydrogens is 271 g/mol. The molecule has 1 saturated heterocycles. The average molecular weight is 294 g/mol. The van der Waals surface area contributed by atoms with Crippen LogP contribution in [0, 0.1) is 5.82 Å². The lowest BCUT2D eigenvalue weighted by molar-refractivity contribution is 0.149. The Labute approximate surface area is 125 Å². The summed E-state index contributed by atoms with van der Waals surface area (Å²) in [6, 6.07) is 4.77. The van der Waals surface area contributed by atoms with Gasteiger partial charge in [-0.3, -0.25) is 9.80 Å². The highest BCUT2D eigenvalue weighted by molar-refractivity contribution is 5.37. The summed E-state index contributed by atoms with van der Waals surface area (Å²) in [6.45, 7) is 5.99. The van der Waals surface area contributed by atoms with E-state index in [4.69, 9.17) is 9.84 Å². The molecule has 2 heterocycles. The number of β-amino-alcohol motifs (C(OH)–C–C–N with tert-alkyl or cyclic N) is 1. The molecule has 3 rings (SSSR count). The van der Waals surface area contributed by atoms with Gasteiger partial charge in [-0.05, 0) is 37.7 Å². The zero-order valence-electron chi connectivity index (χ0n) is 12.3. The summed E-state index contributed by atoms with van der Waals surface area (Å²) >= 11 is 0. The fourth-order valence-corrected chi connectivity index (χ4v) is 3.25. The number of halogens is 1. The standard InChI is InChI=1S/C16H23FN2O2/c17-14-2-3-16-13(10-14)11-15(21-16)12-19-5-1-4-18(6-7-19)8-9-20/h2-3,10,15,20H,1,4-9,11-12H2. The van der Waals surface area contributed by atoms with Crippen LogP contribution >= 0.6 is 0 Å². The van der Waals surface area contributed by atoms with Gasteiger partial charge in [0, 0.05) is 38.2 Å². The number of rotatable bonds is 4. The molecule has 1 fully saturated rings. The molecule has 0 aromatic heterocycles.